The van der Waals surface area contributed by atoms with Gasteiger partial charge in [-0.25, -0.2) is 4.39 Å². The van der Waals surface area contributed by atoms with Crippen molar-refractivity contribution in [2.45, 2.75) is 33.6 Å². The first-order chi connectivity index (χ1) is 6.16. The van der Waals surface area contributed by atoms with E-state index >= 15 is 0 Å². The van der Waals surface area contributed by atoms with Gasteiger partial charge in [0, 0.05) is 5.92 Å². The zero-order valence-electron chi connectivity index (χ0n) is 8.52. The van der Waals surface area contributed by atoms with Crippen LogP contribution >= 0.6 is 0 Å². The summed E-state index contributed by atoms with van der Waals surface area (Å²) in [6.07, 6.45) is 2.04. The van der Waals surface area contributed by atoms with E-state index in [1.807, 2.05) is 19.1 Å². The largest absolute Gasteiger partial charge is 0.206 e. The minimum absolute atomic E-state index is 0.0616. The van der Waals surface area contributed by atoms with E-state index in [1.54, 1.807) is 13.0 Å². The first-order valence-corrected chi connectivity index (χ1v) is 4.74. The number of hydrogen-bond donors (Lipinski definition) is 0. The number of halogens is 1. The van der Waals surface area contributed by atoms with Crippen LogP contribution in [0.2, 0.25) is 0 Å². The van der Waals surface area contributed by atoms with Crippen LogP contribution in [0, 0.1) is 18.7 Å². The molecule has 0 saturated heterocycles. The molecule has 0 saturated carbocycles. The Hall–Kier alpha value is -0.850. The summed E-state index contributed by atoms with van der Waals surface area (Å²) in [6, 6.07) is 5.57. The number of aryl methyl sites for hydroxylation is 1. The summed E-state index contributed by atoms with van der Waals surface area (Å²) in [5.41, 5.74) is 1.51. The van der Waals surface area contributed by atoms with Crippen LogP contribution in [0.15, 0.2) is 18.2 Å². The molecule has 0 aliphatic carbocycles. The Morgan fingerprint density at radius 2 is 2.08 bits per heavy atom. The molecule has 71 valence electrons. The molecule has 1 aromatic rings. The van der Waals surface area contributed by atoms with Gasteiger partial charge in [0.1, 0.15) is 5.82 Å². The molecule has 1 heteroatoms. The molecule has 13 heavy (non-hydrogen) atoms. The zero-order chi connectivity index (χ0) is 9.84. The van der Waals surface area contributed by atoms with Gasteiger partial charge in [0.25, 0.3) is 0 Å². The van der Waals surface area contributed by atoms with Gasteiger partial charge in [0.15, 0.2) is 0 Å². The van der Waals surface area contributed by atoms with E-state index in [1.165, 1.54) is 0 Å². The van der Waals surface area contributed by atoms with Crippen LogP contribution in [-0.2, 0) is 0 Å². The van der Waals surface area contributed by atoms with Gasteiger partial charge in [-0.15, -0.1) is 0 Å². The van der Waals surface area contributed by atoms with Gasteiger partial charge in [0.05, 0.1) is 0 Å². The first-order valence-electron chi connectivity index (χ1n) is 4.74. The molecule has 0 aliphatic rings. The van der Waals surface area contributed by atoms with Crippen LogP contribution in [0.3, 0.4) is 0 Å². The minimum Gasteiger partial charge on any atom is -0.206 e. The second-order valence-corrected chi connectivity index (χ2v) is 3.47. The van der Waals surface area contributed by atoms with Crippen LogP contribution in [0.25, 0.3) is 0 Å². The maximum atomic E-state index is 13.6. The molecule has 0 heterocycles. The maximum absolute atomic E-state index is 13.6. The van der Waals surface area contributed by atoms with Crippen LogP contribution < -0.4 is 0 Å². The summed E-state index contributed by atoms with van der Waals surface area (Å²) < 4.78 is 13.6. The van der Waals surface area contributed by atoms with Crippen LogP contribution in [0.1, 0.15) is 37.8 Å². The fourth-order valence-electron chi connectivity index (χ4n) is 1.49. The number of rotatable bonds is 3. The van der Waals surface area contributed by atoms with Gasteiger partial charge < -0.3 is 0 Å². The van der Waals surface area contributed by atoms with Crippen molar-refractivity contribution in [2.75, 3.05) is 0 Å². The normalized spacial score (nSPS) is 10.8. The smallest absolute Gasteiger partial charge is 0.129 e. The second-order valence-electron chi connectivity index (χ2n) is 3.47. The Bertz CT molecular complexity index is 278. The summed E-state index contributed by atoms with van der Waals surface area (Å²) in [5, 5.41) is 0. The van der Waals surface area contributed by atoms with E-state index in [9.17, 15) is 4.39 Å². The molecular formula is C12H16F. The van der Waals surface area contributed by atoms with E-state index < -0.39 is 0 Å². The molecule has 0 bridgehead atoms. The lowest BCUT2D eigenvalue weighted by atomic mass is 9.95. The Morgan fingerprint density at radius 3 is 2.69 bits per heavy atom. The lowest BCUT2D eigenvalue weighted by Gasteiger charge is -2.11. The highest BCUT2D eigenvalue weighted by Crippen LogP contribution is 2.23. The lowest BCUT2D eigenvalue weighted by molar-refractivity contribution is 0.601. The zero-order valence-corrected chi connectivity index (χ0v) is 8.52. The third-order valence-corrected chi connectivity index (χ3v) is 2.28. The van der Waals surface area contributed by atoms with Crippen molar-refractivity contribution in [1.29, 1.82) is 0 Å². The molecule has 0 spiro atoms. The van der Waals surface area contributed by atoms with Crippen molar-refractivity contribution in [3.8, 4) is 0 Å². The van der Waals surface area contributed by atoms with Crippen molar-refractivity contribution in [2.24, 2.45) is 0 Å². The standard InChI is InChI=1S/C12H16F/c1-4-6-9(2)11-8-5-7-10(3)12(11)13/h5,7-8H,4,6H2,1-3H3. The topological polar surface area (TPSA) is 0 Å². The van der Waals surface area contributed by atoms with E-state index in [0.717, 1.165) is 29.9 Å². The first kappa shape index (κ1) is 10.2. The van der Waals surface area contributed by atoms with E-state index in [2.05, 4.69) is 6.92 Å². The quantitative estimate of drug-likeness (QED) is 0.660. The molecule has 0 atom stereocenters. The predicted molar refractivity (Wildman–Crippen MR) is 54.1 cm³/mol. The summed E-state index contributed by atoms with van der Waals surface area (Å²) in [6.45, 7) is 5.91. The van der Waals surface area contributed by atoms with E-state index in [4.69, 9.17) is 0 Å². The highest BCUT2D eigenvalue weighted by atomic mass is 19.1. The van der Waals surface area contributed by atoms with E-state index in [0.29, 0.717) is 0 Å². The summed E-state index contributed by atoms with van der Waals surface area (Å²) >= 11 is 0. The lowest BCUT2D eigenvalue weighted by Crippen LogP contribution is -1.99. The third kappa shape index (κ3) is 2.30. The Labute approximate surface area is 79.8 Å². The molecule has 1 aromatic carbocycles. The van der Waals surface area contributed by atoms with Crippen LogP contribution in [-0.4, -0.2) is 0 Å². The van der Waals surface area contributed by atoms with Gasteiger partial charge >= 0.3 is 0 Å². The highest BCUT2D eigenvalue weighted by Gasteiger charge is 2.11. The molecule has 0 aliphatic heterocycles. The molecule has 0 fully saturated rings. The van der Waals surface area contributed by atoms with Crippen molar-refractivity contribution in [1.82, 2.24) is 0 Å². The number of benzene rings is 1. The molecular weight excluding hydrogens is 163 g/mol. The van der Waals surface area contributed by atoms with Gasteiger partial charge in [-0.3, -0.25) is 0 Å². The fourth-order valence-corrected chi connectivity index (χ4v) is 1.49. The van der Waals surface area contributed by atoms with Crippen LogP contribution in [0.4, 0.5) is 4.39 Å². The minimum atomic E-state index is -0.0616. The Kier molecular flexibility index (Phi) is 3.47. The Morgan fingerprint density at radius 1 is 1.38 bits per heavy atom. The van der Waals surface area contributed by atoms with Gasteiger partial charge in [-0.05, 0) is 24.5 Å². The predicted octanol–water partition coefficient (Wildman–Crippen LogP) is 3.88. The Balaban J connectivity index is 2.93. The monoisotopic (exact) mass is 179 g/mol. The summed E-state index contributed by atoms with van der Waals surface area (Å²) in [7, 11) is 0. The summed E-state index contributed by atoms with van der Waals surface area (Å²) in [5.74, 6) is 1.08. The average molecular weight is 179 g/mol. The molecule has 0 nitrogen and oxygen atoms in total. The number of hydrogen-bond acceptors (Lipinski definition) is 0. The maximum Gasteiger partial charge on any atom is 0.129 e. The van der Waals surface area contributed by atoms with Crippen molar-refractivity contribution in [3.05, 3.63) is 41.1 Å². The third-order valence-electron chi connectivity index (χ3n) is 2.28. The van der Waals surface area contributed by atoms with Gasteiger partial charge in [-0.1, -0.05) is 38.5 Å². The average Bonchev–Trinajstić information content (AvgIpc) is 2.10. The molecule has 0 N–H and O–H groups in total. The molecule has 1 rings (SSSR count). The SMILES string of the molecule is CCC[C](C)c1cccc(C)c1F. The van der Waals surface area contributed by atoms with Crippen molar-refractivity contribution in [3.63, 3.8) is 0 Å². The van der Waals surface area contributed by atoms with Crippen molar-refractivity contribution < 1.29 is 4.39 Å². The highest BCUT2D eigenvalue weighted by molar-refractivity contribution is 5.34. The molecule has 0 aromatic heterocycles. The molecule has 0 unspecified atom stereocenters. The van der Waals surface area contributed by atoms with Gasteiger partial charge in [-0.2, -0.15) is 0 Å². The second kappa shape index (κ2) is 4.40. The van der Waals surface area contributed by atoms with Gasteiger partial charge in [0.2, 0.25) is 0 Å². The molecule has 0 amide bonds. The summed E-state index contributed by atoms with van der Waals surface area (Å²) in [4.78, 5) is 0. The van der Waals surface area contributed by atoms with E-state index in [-0.39, 0.29) is 5.82 Å². The van der Waals surface area contributed by atoms with Crippen LogP contribution in [0.5, 0.6) is 0 Å². The molecule has 1 radical (unpaired) electrons. The van der Waals surface area contributed by atoms with Crippen molar-refractivity contribution >= 4 is 0 Å². The fraction of sp³-hybridized carbons (Fsp3) is 0.417.